The number of nitrogens with zero attached hydrogens (tertiary/aromatic N) is 5. The van der Waals surface area contributed by atoms with E-state index in [0.29, 0.717) is 16.9 Å². The predicted octanol–water partition coefficient (Wildman–Crippen LogP) is 6.64. The third-order valence-electron chi connectivity index (χ3n) is 8.95. The van der Waals surface area contributed by atoms with E-state index in [9.17, 15) is 19.2 Å². The SMILES string of the molecule is CC(=O)Nc1nc(OC(=O)N(c2ccccc2)c2ccccc2)c2ncn([C@@H]3O[C@H](COC(=O)c4ccccc4)[C@@H](COCc4ccccc4)[C@H]3OC(C)=O)c2n1. The Morgan fingerprint density at radius 2 is 1.40 bits per heavy atom. The number of hydrogen-bond acceptors (Lipinski definition) is 12. The quantitative estimate of drug-likeness (QED) is 0.124. The van der Waals surface area contributed by atoms with Crippen LogP contribution in [0.15, 0.2) is 128 Å². The van der Waals surface area contributed by atoms with Gasteiger partial charge in [0.1, 0.15) is 12.7 Å². The number of esters is 2. The third kappa shape index (κ3) is 9.12. The summed E-state index contributed by atoms with van der Waals surface area (Å²) in [6.45, 7) is 2.64. The number of fused-ring (bicyclic) bond motifs is 1. The van der Waals surface area contributed by atoms with Crippen LogP contribution >= 0.6 is 0 Å². The smallest absolute Gasteiger partial charge is 0.425 e. The van der Waals surface area contributed by atoms with Gasteiger partial charge >= 0.3 is 18.0 Å². The zero-order chi connectivity index (χ0) is 39.7. The highest BCUT2D eigenvalue weighted by Gasteiger charge is 2.49. The van der Waals surface area contributed by atoms with Crippen LogP contribution in [0.25, 0.3) is 11.2 Å². The molecule has 15 nitrogen and oxygen atoms in total. The minimum Gasteiger partial charge on any atom is -0.459 e. The molecule has 290 valence electrons. The number of carbonyl (C=O) groups excluding carboxylic acids is 4. The van der Waals surface area contributed by atoms with Crippen LogP contribution in [0.4, 0.5) is 22.1 Å². The van der Waals surface area contributed by atoms with Crippen molar-refractivity contribution < 1.29 is 42.9 Å². The number of carbonyl (C=O) groups is 4. The van der Waals surface area contributed by atoms with Crippen LogP contribution in [0.5, 0.6) is 5.88 Å². The van der Waals surface area contributed by atoms with Gasteiger partial charge in [-0.05, 0) is 42.0 Å². The zero-order valence-corrected chi connectivity index (χ0v) is 31.0. The lowest BCUT2D eigenvalue weighted by molar-refractivity contribution is -0.154. The van der Waals surface area contributed by atoms with Crippen molar-refractivity contribution in [2.24, 2.45) is 5.92 Å². The monoisotopic (exact) mass is 770 g/mol. The number of aromatic nitrogens is 4. The Morgan fingerprint density at radius 1 is 0.789 bits per heavy atom. The molecule has 15 heteroatoms. The summed E-state index contributed by atoms with van der Waals surface area (Å²) in [7, 11) is 0. The van der Waals surface area contributed by atoms with Gasteiger partial charge in [0.05, 0.1) is 42.4 Å². The number of anilines is 3. The summed E-state index contributed by atoms with van der Waals surface area (Å²) in [5.41, 5.74) is 2.44. The molecular formula is C42H38N6O9. The molecule has 1 fully saturated rings. The van der Waals surface area contributed by atoms with E-state index in [1.165, 1.54) is 29.6 Å². The maximum Gasteiger partial charge on any atom is 0.425 e. The van der Waals surface area contributed by atoms with E-state index in [-0.39, 0.29) is 42.8 Å². The molecule has 0 unspecified atom stereocenters. The molecule has 2 aromatic heterocycles. The zero-order valence-electron chi connectivity index (χ0n) is 31.0. The van der Waals surface area contributed by atoms with Crippen molar-refractivity contribution >= 4 is 52.4 Å². The number of benzene rings is 4. The standard InChI is InChI=1S/C42H38N6O9/c1-27(49)44-41-45-37-35(38(46-41)57-42(52)48(31-19-11-5-12-20-31)32-21-13-6-14-22-32)43-26-47(37)39-36(55-28(2)50)33(24-53-23-29-15-7-3-8-16-29)34(56-39)25-54-40(51)30-17-9-4-10-18-30/h3-22,26,33-34,36,39H,23-25H2,1-2H3,(H,44,45,46,49)/t33-,34-,36-,39-/m1/s1. The Morgan fingerprint density at radius 3 is 2.02 bits per heavy atom. The van der Waals surface area contributed by atoms with Gasteiger partial charge in [0, 0.05) is 13.8 Å². The molecule has 1 aliphatic rings. The number of ether oxygens (including phenoxy) is 5. The fourth-order valence-corrected chi connectivity index (χ4v) is 6.41. The molecule has 0 saturated carbocycles. The van der Waals surface area contributed by atoms with Gasteiger partial charge in [-0.1, -0.05) is 84.9 Å². The number of hydrogen-bond donors (Lipinski definition) is 1. The van der Waals surface area contributed by atoms with Gasteiger partial charge in [-0.25, -0.2) is 19.5 Å². The van der Waals surface area contributed by atoms with E-state index in [2.05, 4.69) is 20.3 Å². The van der Waals surface area contributed by atoms with Crippen molar-refractivity contribution in [3.8, 4) is 5.88 Å². The third-order valence-corrected chi connectivity index (χ3v) is 8.95. The summed E-state index contributed by atoms with van der Waals surface area (Å²) in [5.74, 6) is -2.76. The Balaban J connectivity index is 1.24. The Hall–Kier alpha value is -6.97. The molecule has 4 aromatic carbocycles. The van der Waals surface area contributed by atoms with Crippen molar-refractivity contribution in [3.63, 3.8) is 0 Å². The van der Waals surface area contributed by atoms with Crippen molar-refractivity contribution in [1.29, 1.82) is 0 Å². The minimum atomic E-state index is -1.10. The lowest BCUT2D eigenvalue weighted by Crippen LogP contribution is -2.36. The second-order valence-corrected chi connectivity index (χ2v) is 13.0. The summed E-state index contributed by atoms with van der Waals surface area (Å²) >= 11 is 0. The first kappa shape index (κ1) is 38.3. The summed E-state index contributed by atoms with van der Waals surface area (Å²) in [6, 6.07) is 35.8. The van der Waals surface area contributed by atoms with Crippen LogP contribution in [0.1, 0.15) is 36.0 Å². The fourth-order valence-electron chi connectivity index (χ4n) is 6.41. The maximum atomic E-state index is 14.0. The highest BCUT2D eigenvalue weighted by Crippen LogP contribution is 2.40. The first-order valence-corrected chi connectivity index (χ1v) is 18.1. The molecule has 1 N–H and O–H groups in total. The molecule has 0 bridgehead atoms. The van der Waals surface area contributed by atoms with E-state index in [0.717, 1.165) is 5.56 Å². The lowest BCUT2D eigenvalue weighted by atomic mass is 9.99. The predicted molar refractivity (Wildman–Crippen MR) is 206 cm³/mol. The van der Waals surface area contributed by atoms with Crippen molar-refractivity contribution in [2.45, 2.75) is 38.9 Å². The second kappa shape index (κ2) is 17.7. The molecule has 0 spiro atoms. The molecule has 0 radical (unpaired) electrons. The summed E-state index contributed by atoms with van der Waals surface area (Å²) < 4.78 is 31.7. The summed E-state index contributed by atoms with van der Waals surface area (Å²) in [6.07, 6.45) is -2.38. The Labute approximate surface area is 327 Å². The van der Waals surface area contributed by atoms with Gasteiger partial charge in [-0.3, -0.25) is 19.5 Å². The van der Waals surface area contributed by atoms with Crippen LogP contribution in [0.3, 0.4) is 0 Å². The molecule has 7 rings (SSSR count). The van der Waals surface area contributed by atoms with Crippen LogP contribution in [0, 0.1) is 5.92 Å². The first-order valence-electron chi connectivity index (χ1n) is 18.1. The highest BCUT2D eigenvalue weighted by molar-refractivity contribution is 5.98. The normalized spacial score (nSPS) is 17.4. The summed E-state index contributed by atoms with van der Waals surface area (Å²) in [5, 5.41) is 2.55. The van der Waals surface area contributed by atoms with Gasteiger partial charge in [0.25, 0.3) is 5.88 Å². The van der Waals surface area contributed by atoms with E-state index in [4.69, 9.17) is 23.7 Å². The lowest BCUT2D eigenvalue weighted by Gasteiger charge is -2.24. The van der Waals surface area contributed by atoms with Crippen LogP contribution in [0.2, 0.25) is 0 Å². The van der Waals surface area contributed by atoms with Crippen LogP contribution in [-0.2, 0) is 35.1 Å². The molecule has 1 saturated heterocycles. The van der Waals surface area contributed by atoms with E-state index in [1.807, 2.05) is 42.5 Å². The minimum absolute atomic E-state index is 0.0412. The average Bonchev–Trinajstić information content (AvgIpc) is 3.79. The molecule has 1 aliphatic heterocycles. The van der Waals surface area contributed by atoms with Crippen LogP contribution < -0.4 is 15.0 Å². The van der Waals surface area contributed by atoms with Crippen LogP contribution in [-0.4, -0.2) is 68.9 Å². The van der Waals surface area contributed by atoms with Gasteiger partial charge in [-0.2, -0.15) is 9.97 Å². The molecule has 4 atom stereocenters. The second-order valence-electron chi connectivity index (χ2n) is 13.0. The topological polar surface area (TPSA) is 173 Å². The molecular weight excluding hydrogens is 732 g/mol. The molecule has 2 amide bonds. The first-order chi connectivity index (χ1) is 27.7. The maximum absolute atomic E-state index is 14.0. The number of amides is 2. The van der Waals surface area contributed by atoms with Gasteiger partial charge in [-0.15, -0.1) is 0 Å². The molecule has 3 heterocycles. The Kier molecular flexibility index (Phi) is 11.9. The fraction of sp³-hybridized carbons (Fsp3) is 0.214. The summed E-state index contributed by atoms with van der Waals surface area (Å²) in [4.78, 5) is 66.7. The van der Waals surface area contributed by atoms with Crippen molar-refractivity contribution in [3.05, 3.63) is 139 Å². The number of imidazole rings is 1. The van der Waals surface area contributed by atoms with Crippen molar-refractivity contribution in [2.75, 3.05) is 23.4 Å². The molecule has 0 aliphatic carbocycles. The van der Waals surface area contributed by atoms with E-state index in [1.54, 1.807) is 78.9 Å². The van der Waals surface area contributed by atoms with Crippen molar-refractivity contribution in [1.82, 2.24) is 19.5 Å². The number of para-hydroxylation sites is 2. The largest absolute Gasteiger partial charge is 0.459 e. The van der Waals surface area contributed by atoms with Gasteiger partial charge in [0.15, 0.2) is 23.5 Å². The highest BCUT2D eigenvalue weighted by atomic mass is 16.6. The van der Waals surface area contributed by atoms with Gasteiger partial charge in [0.2, 0.25) is 11.9 Å². The van der Waals surface area contributed by atoms with E-state index >= 15 is 0 Å². The number of rotatable bonds is 13. The van der Waals surface area contributed by atoms with Gasteiger partial charge < -0.3 is 23.7 Å². The Bertz CT molecular complexity index is 2290. The molecule has 57 heavy (non-hydrogen) atoms. The average molecular weight is 771 g/mol. The van der Waals surface area contributed by atoms with E-state index < -0.39 is 48.3 Å². The molecule has 6 aromatic rings. The number of nitrogens with one attached hydrogen (secondary N) is 1.